The van der Waals surface area contributed by atoms with E-state index < -0.39 is 0 Å². The van der Waals surface area contributed by atoms with Crippen LogP contribution in [0.4, 0.5) is 0 Å². The zero-order chi connectivity index (χ0) is 12.0. The Morgan fingerprint density at radius 3 is 2.81 bits per heavy atom. The molecular formula is C12H24N2OS. The Balaban J connectivity index is 2.09. The third-order valence-electron chi connectivity index (χ3n) is 2.80. The van der Waals surface area contributed by atoms with E-state index >= 15 is 0 Å². The van der Waals surface area contributed by atoms with E-state index in [2.05, 4.69) is 5.32 Å². The lowest BCUT2D eigenvalue weighted by atomic mass is 10.00. The number of nitrogens with two attached hydrogens (primary N) is 1. The first-order valence-corrected chi connectivity index (χ1v) is 7.19. The predicted octanol–water partition coefficient (Wildman–Crippen LogP) is 1.91. The number of rotatable bonds is 5. The molecule has 1 saturated heterocycles. The Morgan fingerprint density at radius 2 is 2.25 bits per heavy atom. The molecule has 0 aromatic carbocycles. The topological polar surface area (TPSA) is 55.1 Å². The molecule has 16 heavy (non-hydrogen) atoms. The lowest BCUT2D eigenvalue weighted by molar-refractivity contribution is -0.121. The van der Waals surface area contributed by atoms with Crippen LogP contribution in [0.2, 0.25) is 0 Å². The van der Waals surface area contributed by atoms with Crippen LogP contribution in [-0.2, 0) is 4.79 Å². The van der Waals surface area contributed by atoms with Crippen LogP contribution in [0, 0.1) is 0 Å². The molecule has 1 unspecified atom stereocenters. The summed E-state index contributed by atoms with van der Waals surface area (Å²) in [6.07, 6.45) is 5.17. The average Bonchev–Trinajstić information content (AvgIpc) is 2.24. The maximum absolute atomic E-state index is 11.6. The van der Waals surface area contributed by atoms with E-state index in [9.17, 15) is 4.79 Å². The van der Waals surface area contributed by atoms with Gasteiger partial charge in [0, 0.05) is 23.8 Å². The van der Waals surface area contributed by atoms with Gasteiger partial charge in [-0.05, 0) is 38.9 Å². The van der Waals surface area contributed by atoms with Crippen molar-refractivity contribution in [2.24, 2.45) is 5.73 Å². The van der Waals surface area contributed by atoms with Gasteiger partial charge in [-0.25, -0.2) is 0 Å². The number of carbonyl (C=O) groups excluding carboxylic acids is 1. The summed E-state index contributed by atoms with van der Waals surface area (Å²) in [7, 11) is 0. The normalized spacial score (nSPS) is 21.8. The van der Waals surface area contributed by atoms with Gasteiger partial charge < -0.3 is 11.1 Å². The van der Waals surface area contributed by atoms with Crippen LogP contribution in [0.25, 0.3) is 0 Å². The van der Waals surface area contributed by atoms with Gasteiger partial charge in [0.25, 0.3) is 0 Å². The highest BCUT2D eigenvalue weighted by Crippen LogP contribution is 2.24. The van der Waals surface area contributed by atoms with Crippen molar-refractivity contribution in [2.75, 3.05) is 12.3 Å². The molecule has 1 amide bonds. The first-order valence-electron chi connectivity index (χ1n) is 6.14. The molecule has 1 atom stereocenters. The molecule has 3 N–H and O–H groups in total. The Bertz CT molecular complexity index is 220. The van der Waals surface area contributed by atoms with Crippen LogP contribution in [0.3, 0.4) is 0 Å². The summed E-state index contributed by atoms with van der Waals surface area (Å²) in [6, 6.07) is 0. The lowest BCUT2D eigenvalue weighted by Crippen LogP contribution is -2.36. The fraction of sp³-hybridized carbons (Fsp3) is 0.917. The minimum atomic E-state index is -0.239. The van der Waals surface area contributed by atoms with Crippen LogP contribution in [0.5, 0.6) is 0 Å². The van der Waals surface area contributed by atoms with E-state index in [4.69, 9.17) is 5.73 Å². The summed E-state index contributed by atoms with van der Waals surface area (Å²) in [6.45, 7) is 4.74. The van der Waals surface area contributed by atoms with Crippen molar-refractivity contribution in [3.8, 4) is 0 Å². The first kappa shape index (κ1) is 13.8. The number of thioether (sulfide) groups is 1. The van der Waals surface area contributed by atoms with Gasteiger partial charge in [0.05, 0.1) is 0 Å². The zero-order valence-corrected chi connectivity index (χ0v) is 11.2. The van der Waals surface area contributed by atoms with Gasteiger partial charge in [0.1, 0.15) is 0 Å². The van der Waals surface area contributed by atoms with Crippen molar-refractivity contribution in [2.45, 2.75) is 56.7 Å². The van der Waals surface area contributed by atoms with Gasteiger partial charge in [-0.15, -0.1) is 0 Å². The number of hydrogen-bond acceptors (Lipinski definition) is 3. The van der Waals surface area contributed by atoms with Crippen LogP contribution >= 0.6 is 11.8 Å². The highest BCUT2D eigenvalue weighted by atomic mass is 32.2. The molecule has 0 saturated carbocycles. The molecule has 1 aliphatic rings. The summed E-state index contributed by atoms with van der Waals surface area (Å²) < 4.78 is 0. The van der Waals surface area contributed by atoms with Crippen molar-refractivity contribution < 1.29 is 4.79 Å². The van der Waals surface area contributed by atoms with Crippen molar-refractivity contribution >= 4 is 17.7 Å². The Morgan fingerprint density at radius 1 is 1.50 bits per heavy atom. The second kappa shape index (κ2) is 6.50. The molecule has 0 aromatic heterocycles. The summed E-state index contributed by atoms with van der Waals surface area (Å²) >= 11 is 1.99. The van der Waals surface area contributed by atoms with E-state index in [-0.39, 0.29) is 11.4 Å². The third-order valence-corrected chi connectivity index (χ3v) is 4.20. The van der Waals surface area contributed by atoms with Crippen LogP contribution in [0.1, 0.15) is 46.0 Å². The van der Waals surface area contributed by atoms with Crippen LogP contribution in [0.15, 0.2) is 0 Å². The van der Waals surface area contributed by atoms with Gasteiger partial charge in [-0.1, -0.05) is 6.42 Å². The second-order valence-corrected chi connectivity index (χ2v) is 6.69. The molecule has 3 nitrogen and oxygen atoms in total. The number of amides is 1. The minimum absolute atomic E-state index is 0.143. The quantitative estimate of drug-likeness (QED) is 0.776. The molecule has 1 fully saturated rings. The second-order valence-electron chi connectivity index (χ2n) is 5.28. The summed E-state index contributed by atoms with van der Waals surface area (Å²) in [5.74, 6) is 1.39. The fourth-order valence-corrected chi connectivity index (χ4v) is 2.96. The average molecular weight is 244 g/mol. The maximum atomic E-state index is 11.6. The molecule has 0 radical (unpaired) electrons. The van der Waals surface area contributed by atoms with Gasteiger partial charge in [-0.3, -0.25) is 4.79 Å². The number of carbonyl (C=O) groups is 1. The molecule has 1 rings (SSSR count). The van der Waals surface area contributed by atoms with Gasteiger partial charge in [0.15, 0.2) is 0 Å². The zero-order valence-electron chi connectivity index (χ0n) is 10.4. The molecular weight excluding hydrogens is 220 g/mol. The third kappa shape index (κ3) is 6.38. The summed E-state index contributed by atoms with van der Waals surface area (Å²) in [5, 5.41) is 3.64. The molecule has 0 aromatic rings. The van der Waals surface area contributed by atoms with Gasteiger partial charge in [0.2, 0.25) is 5.91 Å². The predicted molar refractivity (Wildman–Crippen MR) is 70.6 cm³/mol. The maximum Gasteiger partial charge on any atom is 0.220 e. The van der Waals surface area contributed by atoms with Crippen LogP contribution in [-0.4, -0.2) is 29.0 Å². The van der Waals surface area contributed by atoms with E-state index in [1.165, 1.54) is 25.0 Å². The van der Waals surface area contributed by atoms with Gasteiger partial charge in [-0.2, -0.15) is 11.8 Å². The largest absolute Gasteiger partial charge is 0.355 e. The number of hydrogen-bond donors (Lipinski definition) is 2. The van der Waals surface area contributed by atoms with E-state index in [0.717, 1.165) is 13.0 Å². The Hall–Kier alpha value is -0.220. The fourth-order valence-electron chi connectivity index (χ4n) is 1.72. The minimum Gasteiger partial charge on any atom is -0.355 e. The Labute approximate surface area is 103 Å². The van der Waals surface area contributed by atoms with E-state index in [1.807, 2.05) is 25.6 Å². The summed E-state index contributed by atoms with van der Waals surface area (Å²) in [5.41, 5.74) is 5.60. The highest BCUT2D eigenvalue weighted by Gasteiger charge is 2.16. The van der Waals surface area contributed by atoms with Crippen molar-refractivity contribution in [3.63, 3.8) is 0 Å². The van der Waals surface area contributed by atoms with Crippen molar-refractivity contribution in [3.05, 3.63) is 0 Å². The van der Waals surface area contributed by atoms with E-state index in [1.54, 1.807) is 0 Å². The Kier molecular flexibility index (Phi) is 5.62. The molecule has 0 aliphatic carbocycles. The molecule has 94 valence electrons. The summed E-state index contributed by atoms with van der Waals surface area (Å²) in [4.78, 5) is 11.6. The van der Waals surface area contributed by atoms with Crippen molar-refractivity contribution in [1.29, 1.82) is 0 Å². The highest BCUT2D eigenvalue weighted by molar-refractivity contribution is 7.99. The van der Waals surface area contributed by atoms with Gasteiger partial charge >= 0.3 is 0 Å². The standard InChI is InChI=1S/C12H24N2OS/c1-12(2,13)7-6-11(15)14-9-10-5-3-4-8-16-10/h10H,3-9,13H2,1-2H3,(H,14,15). The first-order chi connectivity index (χ1) is 7.47. The number of nitrogens with one attached hydrogen (secondary N) is 1. The monoisotopic (exact) mass is 244 g/mol. The van der Waals surface area contributed by atoms with Crippen molar-refractivity contribution in [1.82, 2.24) is 5.32 Å². The molecule has 1 heterocycles. The molecule has 0 bridgehead atoms. The SMILES string of the molecule is CC(C)(N)CCC(=O)NCC1CCCCS1. The van der Waals surface area contributed by atoms with E-state index in [0.29, 0.717) is 11.7 Å². The lowest BCUT2D eigenvalue weighted by Gasteiger charge is -2.22. The molecule has 0 spiro atoms. The molecule has 4 heteroatoms. The van der Waals surface area contributed by atoms with Crippen LogP contribution < -0.4 is 11.1 Å². The molecule has 1 aliphatic heterocycles. The smallest absolute Gasteiger partial charge is 0.220 e.